The smallest absolute Gasteiger partial charge is 0.345 e. The summed E-state index contributed by atoms with van der Waals surface area (Å²) in [6.45, 7) is 3.49. The van der Waals surface area contributed by atoms with Crippen LogP contribution in [0.2, 0.25) is 0 Å². The molecular weight excluding hydrogens is 304 g/mol. The Labute approximate surface area is 147 Å². The topological polar surface area (TPSA) is 63.6 Å². The number of hydrogen-bond donors (Lipinski definition) is 1. The van der Waals surface area contributed by atoms with Crippen LogP contribution in [0.4, 0.5) is 0 Å². The highest BCUT2D eigenvalue weighted by Crippen LogP contribution is 2.11. The number of esters is 1. The Kier molecular flexibility index (Phi) is 15.6. The first-order valence-electron chi connectivity index (χ1n) is 9.63. The van der Waals surface area contributed by atoms with Gasteiger partial charge in [-0.2, -0.15) is 0 Å². The molecule has 0 aliphatic carbocycles. The van der Waals surface area contributed by atoms with Crippen LogP contribution in [0.25, 0.3) is 0 Å². The Hall–Kier alpha value is -1.32. The van der Waals surface area contributed by atoms with Crippen LogP contribution in [-0.4, -0.2) is 23.1 Å². The van der Waals surface area contributed by atoms with E-state index in [0.29, 0.717) is 6.42 Å². The van der Waals surface area contributed by atoms with Crippen LogP contribution in [0.15, 0.2) is 12.2 Å². The van der Waals surface area contributed by atoms with Crippen molar-refractivity contribution in [3.05, 3.63) is 12.2 Å². The lowest BCUT2D eigenvalue weighted by atomic mass is 10.1. The number of ether oxygens (including phenoxy) is 1. The van der Waals surface area contributed by atoms with Gasteiger partial charge >= 0.3 is 11.9 Å². The maximum absolute atomic E-state index is 10.9. The average Bonchev–Trinajstić information content (AvgIpc) is 2.53. The van der Waals surface area contributed by atoms with Gasteiger partial charge in [0.15, 0.2) is 6.10 Å². The zero-order valence-electron chi connectivity index (χ0n) is 15.6. The predicted octanol–water partition coefficient (Wildman–Crippen LogP) is 5.65. The van der Waals surface area contributed by atoms with Crippen LogP contribution in [0.1, 0.15) is 97.3 Å². The van der Waals surface area contributed by atoms with E-state index in [-0.39, 0.29) is 0 Å². The summed E-state index contributed by atoms with van der Waals surface area (Å²) < 4.78 is 4.78. The molecule has 0 fully saturated rings. The molecule has 0 radical (unpaired) electrons. The van der Waals surface area contributed by atoms with Crippen LogP contribution in [0.3, 0.4) is 0 Å². The van der Waals surface area contributed by atoms with Gasteiger partial charge in [-0.1, -0.05) is 64.0 Å². The average molecular weight is 341 g/mol. The molecule has 1 unspecified atom stereocenters. The van der Waals surface area contributed by atoms with Crippen molar-refractivity contribution in [2.45, 2.75) is 103 Å². The van der Waals surface area contributed by atoms with Crippen molar-refractivity contribution < 1.29 is 19.4 Å². The van der Waals surface area contributed by atoms with Crippen LogP contribution in [0, 0.1) is 0 Å². The van der Waals surface area contributed by atoms with Gasteiger partial charge in [0.1, 0.15) is 0 Å². The van der Waals surface area contributed by atoms with E-state index >= 15 is 0 Å². The van der Waals surface area contributed by atoms with Crippen molar-refractivity contribution in [1.82, 2.24) is 0 Å². The largest absolute Gasteiger partial charge is 0.479 e. The van der Waals surface area contributed by atoms with Gasteiger partial charge in [0.05, 0.1) is 0 Å². The summed E-state index contributed by atoms with van der Waals surface area (Å²) in [6.07, 6.45) is 18.3. The fourth-order valence-electron chi connectivity index (χ4n) is 2.66. The minimum Gasteiger partial charge on any atom is -0.479 e. The van der Waals surface area contributed by atoms with Gasteiger partial charge in [0.25, 0.3) is 0 Å². The summed E-state index contributed by atoms with van der Waals surface area (Å²) in [7, 11) is 0. The van der Waals surface area contributed by atoms with E-state index < -0.39 is 18.0 Å². The first-order chi connectivity index (χ1) is 11.6. The molecule has 0 rings (SSSR count). The first-order valence-corrected chi connectivity index (χ1v) is 9.63. The molecule has 140 valence electrons. The van der Waals surface area contributed by atoms with E-state index in [9.17, 15) is 9.59 Å². The second-order valence-corrected chi connectivity index (χ2v) is 6.46. The van der Waals surface area contributed by atoms with Gasteiger partial charge in [-0.15, -0.1) is 0 Å². The van der Waals surface area contributed by atoms with E-state index in [4.69, 9.17) is 9.84 Å². The zero-order chi connectivity index (χ0) is 18.0. The number of hydrogen-bond acceptors (Lipinski definition) is 3. The number of rotatable bonds is 16. The third kappa shape index (κ3) is 15.6. The van der Waals surface area contributed by atoms with Crippen molar-refractivity contribution in [1.29, 1.82) is 0 Å². The SMILES string of the molecule is CCCCCCCCC=CCCCCCCC(OC(C)=O)C(=O)O. The Morgan fingerprint density at radius 2 is 1.38 bits per heavy atom. The Balaban J connectivity index is 3.42. The van der Waals surface area contributed by atoms with Crippen molar-refractivity contribution in [2.24, 2.45) is 0 Å². The normalized spacial score (nSPS) is 12.4. The van der Waals surface area contributed by atoms with E-state index in [1.807, 2.05) is 0 Å². The number of carbonyl (C=O) groups is 2. The highest BCUT2D eigenvalue weighted by molar-refractivity contribution is 5.76. The van der Waals surface area contributed by atoms with Crippen LogP contribution in [-0.2, 0) is 14.3 Å². The molecule has 1 atom stereocenters. The molecule has 0 heterocycles. The first kappa shape index (κ1) is 22.7. The van der Waals surface area contributed by atoms with Crippen LogP contribution >= 0.6 is 0 Å². The number of unbranched alkanes of at least 4 members (excludes halogenated alkanes) is 10. The van der Waals surface area contributed by atoms with Crippen molar-refractivity contribution in [2.75, 3.05) is 0 Å². The number of carbonyl (C=O) groups excluding carboxylic acids is 1. The minimum absolute atomic E-state index is 0.406. The third-order valence-corrected chi connectivity index (χ3v) is 4.06. The molecule has 4 nitrogen and oxygen atoms in total. The lowest BCUT2D eigenvalue weighted by Gasteiger charge is -2.11. The Bertz CT molecular complexity index is 350. The molecule has 0 aliphatic heterocycles. The molecule has 0 amide bonds. The summed E-state index contributed by atoms with van der Waals surface area (Å²) >= 11 is 0. The third-order valence-electron chi connectivity index (χ3n) is 4.06. The van der Waals surface area contributed by atoms with E-state index in [2.05, 4.69) is 19.1 Å². The van der Waals surface area contributed by atoms with Gasteiger partial charge < -0.3 is 9.84 Å². The van der Waals surface area contributed by atoms with Crippen LogP contribution in [0.5, 0.6) is 0 Å². The van der Waals surface area contributed by atoms with Gasteiger partial charge in [0, 0.05) is 6.92 Å². The highest BCUT2D eigenvalue weighted by atomic mass is 16.6. The molecule has 0 bridgehead atoms. The number of carboxylic acid groups (broad SMARTS) is 1. The second-order valence-electron chi connectivity index (χ2n) is 6.46. The fraction of sp³-hybridized carbons (Fsp3) is 0.800. The molecule has 0 aliphatic rings. The number of allylic oxidation sites excluding steroid dienone is 2. The Morgan fingerprint density at radius 1 is 0.875 bits per heavy atom. The van der Waals surface area contributed by atoms with Gasteiger partial charge in [-0.25, -0.2) is 4.79 Å². The molecule has 1 N–H and O–H groups in total. The lowest BCUT2D eigenvalue weighted by Crippen LogP contribution is -2.25. The molecule has 0 aromatic carbocycles. The Morgan fingerprint density at radius 3 is 1.88 bits per heavy atom. The predicted molar refractivity (Wildman–Crippen MR) is 98.0 cm³/mol. The summed E-state index contributed by atoms with van der Waals surface area (Å²) in [4.78, 5) is 21.7. The molecule has 0 aromatic rings. The van der Waals surface area contributed by atoms with E-state index in [1.54, 1.807) is 0 Å². The summed E-state index contributed by atoms with van der Waals surface area (Å²) in [5.74, 6) is -1.58. The monoisotopic (exact) mass is 340 g/mol. The van der Waals surface area contributed by atoms with Gasteiger partial charge in [-0.3, -0.25) is 4.79 Å². The molecule has 4 heteroatoms. The van der Waals surface area contributed by atoms with Crippen molar-refractivity contribution >= 4 is 11.9 Å². The summed E-state index contributed by atoms with van der Waals surface area (Å²) in [6, 6.07) is 0. The maximum Gasteiger partial charge on any atom is 0.345 e. The van der Waals surface area contributed by atoms with Gasteiger partial charge in [0.2, 0.25) is 0 Å². The van der Waals surface area contributed by atoms with Gasteiger partial charge in [-0.05, 0) is 38.5 Å². The highest BCUT2D eigenvalue weighted by Gasteiger charge is 2.19. The molecule has 0 spiro atoms. The molecule has 0 saturated heterocycles. The van der Waals surface area contributed by atoms with Crippen molar-refractivity contribution in [3.8, 4) is 0 Å². The zero-order valence-corrected chi connectivity index (χ0v) is 15.6. The molecule has 24 heavy (non-hydrogen) atoms. The quantitative estimate of drug-likeness (QED) is 0.224. The maximum atomic E-state index is 10.9. The summed E-state index contributed by atoms with van der Waals surface area (Å²) in [5.41, 5.74) is 0. The molecule has 0 aromatic heterocycles. The number of aliphatic carboxylic acids is 1. The second kappa shape index (κ2) is 16.5. The molecule has 0 saturated carbocycles. The lowest BCUT2D eigenvalue weighted by molar-refractivity contribution is -0.163. The number of carboxylic acids is 1. The molecular formula is C20H36O4. The fourth-order valence-corrected chi connectivity index (χ4v) is 2.66. The summed E-state index contributed by atoms with van der Waals surface area (Å²) in [5, 5.41) is 8.94. The van der Waals surface area contributed by atoms with Crippen LogP contribution < -0.4 is 0 Å². The minimum atomic E-state index is -1.05. The van der Waals surface area contributed by atoms with Crippen molar-refractivity contribution in [3.63, 3.8) is 0 Å². The standard InChI is InChI=1S/C20H36O4/c1-3-4-5-6-7-8-9-10-11-12-13-14-15-16-17-19(20(22)23)24-18(2)21/h10-11,19H,3-9,12-17H2,1-2H3,(H,22,23). The van der Waals surface area contributed by atoms with E-state index in [1.165, 1.54) is 51.9 Å². The van der Waals surface area contributed by atoms with E-state index in [0.717, 1.165) is 32.1 Å².